The number of nitrogens with zero attached hydrogens (tertiary/aromatic N) is 1. The molecule has 0 saturated carbocycles. The van der Waals surface area contributed by atoms with Crippen LogP contribution >= 0.6 is 0 Å². The maximum atomic E-state index is 12.0. The highest BCUT2D eigenvalue weighted by molar-refractivity contribution is 6.01. The lowest BCUT2D eigenvalue weighted by molar-refractivity contribution is 0.0988. The van der Waals surface area contributed by atoms with Crippen molar-refractivity contribution in [1.82, 2.24) is 0 Å². The lowest BCUT2D eigenvalue weighted by Gasteiger charge is -2.22. The molecule has 2 nitrogen and oxygen atoms in total. The molecule has 0 aliphatic rings. The summed E-state index contributed by atoms with van der Waals surface area (Å²) in [5.74, 6) is 0.191. The summed E-state index contributed by atoms with van der Waals surface area (Å²) in [6.45, 7) is 4.80. The zero-order chi connectivity index (χ0) is 14.5. The molecule has 2 aromatic carbocycles. The van der Waals surface area contributed by atoms with Gasteiger partial charge in [-0.05, 0) is 24.6 Å². The van der Waals surface area contributed by atoms with E-state index >= 15 is 0 Å². The first-order valence-corrected chi connectivity index (χ1v) is 7.00. The summed E-state index contributed by atoms with van der Waals surface area (Å²) in [6.07, 6.45) is 0.537. The van der Waals surface area contributed by atoms with Gasteiger partial charge >= 0.3 is 0 Å². The third-order valence-electron chi connectivity index (χ3n) is 3.44. The van der Waals surface area contributed by atoms with E-state index in [0.29, 0.717) is 6.42 Å². The molecule has 0 radical (unpaired) electrons. The number of para-hydroxylation sites is 1. The number of hydrogen-bond acceptors (Lipinski definition) is 2. The van der Waals surface area contributed by atoms with Gasteiger partial charge in [-0.3, -0.25) is 4.79 Å². The zero-order valence-corrected chi connectivity index (χ0v) is 12.4. The van der Waals surface area contributed by atoms with Gasteiger partial charge in [-0.1, -0.05) is 48.9 Å². The van der Waals surface area contributed by atoms with Crippen LogP contribution in [0.15, 0.2) is 48.5 Å². The number of hydrogen-bond donors (Lipinski definition) is 0. The average Bonchev–Trinajstić information content (AvgIpc) is 2.46. The number of carbonyl (C=O) groups is 1. The van der Waals surface area contributed by atoms with Crippen LogP contribution in [0.4, 0.5) is 5.69 Å². The summed E-state index contributed by atoms with van der Waals surface area (Å²) >= 11 is 0. The third-order valence-corrected chi connectivity index (χ3v) is 3.44. The van der Waals surface area contributed by atoms with E-state index in [4.69, 9.17) is 0 Å². The predicted molar refractivity (Wildman–Crippen MR) is 84.3 cm³/mol. The maximum Gasteiger partial charge on any atom is 0.164 e. The molecule has 0 spiro atoms. The monoisotopic (exact) mass is 267 g/mol. The van der Waals surface area contributed by atoms with E-state index < -0.39 is 0 Å². The third kappa shape index (κ3) is 3.27. The summed E-state index contributed by atoms with van der Waals surface area (Å²) in [6, 6.07) is 16.3. The molecule has 0 N–H and O–H groups in total. The van der Waals surface area contributed by atoms with Gasteiger partial charge in [0.15, 0.2) is 5.78 Å². The van der Waals surface area contributed by atoms with E-state index in [0.717, 1.165) is 17.8 Å². The quantitative estimate of drug-likeness (QED) is 0.756. The molecule has 2 heteroatoms. The lowest BCUT2D eigenvalue weighted by Crippen LogP contribution is -2.19. The Morgan fingerprint density at radius 2 is 1.85 bits per heavy atom. The Bertz CT molecular complexity index is 604. The van der Waals surface area contributed by atoms with Gasteiger partial charge in [0, 0.05) is 31.3 Å². The second-order valence-electron chi connectivity index (χ2n) is 5.14. The minimum atomic E-state index is 0.191. The van der Waals surface area contributed by atoms with Crippen molar-refractivity contribution in [3.8, 4) is 0 Å². The van der Waals surface area contributed by atoms with Gasteiger partial charge < -0.3 is 4.90 Å². The van der Waals surface area contributed by atoms with E-state index in [1.54, 1.807) is 0 Å². The van der Waals surface area contributed by atoms with Crippen molar-refractivity contribution < 1.29 is 4.79 Å². The van der Waals surface area contributed by atoms with Gasteiger partial charge in [-0.2, -0.15) is 0 Å². The fraction of sp³-hybridized carbons (Fsp3) is 0.278. The number of rotatable bonds is 5. The van der Waals surface area contributed by atoms with Gasteiger partial charge in [0.25, 0.3) is 0 Å². The molecule has 0 unspecified atom stereocenters. The summed E-state index contributed by atoms with van der Waals surface area (Å²) < 4.78 is 0. The molecular formula is C18H21NO. The van der Waals surface area contributed by atoms with E-state index in [2.05, 4.69) is 36.1 Å². The molecular weight excluding hydrogens is 246 g/mol. The van der Waals surface area contributed by atoms with E-state index in [-0.39, 0.29) is 5.78 Å². The van der Waals surface area contributed by atoms with Crippen LogP contribution in [0.3, 0.4) is 0 Å². The Balaban J connectivity index is 2.25. The first kappa shape index (κ1) is 14.3. The molecule has 0 saturated heterocycles. The van der Waals surface area contributed by atoms with Gasteiger partial charge in [0.2, 0.25) is 0 Å². The van der Waals surface area contributed by atoms with Crippen LogP contribution in [0.5, 0.6) is 0 Å². The van der Waals surface area contributed by atoms with E-state index in [1.165, 1.54) is 11.1 Å². The normalized spacial score (nSPS) is 10.3. The van der Waals surface area contributed by atoms with Crippen LogP contribution in [0.2, 0.25) is 0 Å². The molecule has 0 amide bonds. The zero-order valence-electron chi connectivity index (χ0n) is 12.4. The van der Waals surface area contributed by atoms with Crippen molar-refractivity contribution in [3.63, 3.8) is 0 Å². The van der Waals surface area contributed by atoms with Crippen molar-refractivity contribution in [2.45, 2.75) is 26.8 Å². The van der Waals surface area contributed by atoms with E-state index in [9.17, 15) is 4.79 Å². The summed E-state index contributed by atoms with van der Waals surface area (Å²) in [4.78, 5) is 14.2. The highest BCUT2D eigenvalue weighted by atomic mass is 16.1. The Morgan fingerprint density at radius 3 is 2.55 bits per heavy atom. The van der Waals surface area contributed by atoms with Crippen molar-refractivity contribution in [3.05, 3.63) is 65.2 Å². The molecule has 0 heterocycles. The Kier molecular flexibility index (Phi) is 4.57. The molecule has 0 aliphatic heterocycles. The topological polar surface area (TPSA) is 20.3 Å². The SMILES string of the molecule is CCC(=O)c1ccccc1N(C)Cc1cccc(C)c1. The standard InChI is InChI=1S/C18H21NO/c1-4-18(20)16-10-5-6-11-17(16)19(3)13-15-9-7-8-14(2)12-15/h5-12H,4,13H2,1-3H3. The number of ketones is 1. The minimum Gasteiger partial charge on any atom is -0.370 e. The van der Waals surface area contributed by atoms with Crippen molar-refractivity contribution in [1.29, 1.82) is 0 Å². The molecule has 2 aromatic rings. The van der Waals surface area contributed by atoms with Crippen LogP contribution in [0, 0.1) is 6.92 Å². The Labute approximate surface area is 121 Å². The number of aryl methyl sites for hydroxylation is 1. The first-order chi connectivity index (χ1) is 9.61. The van der Waals surface area contributed by atoms with Crippen molar-refractivity contribution in [2.24, 2.45) is 0 Å². The smallest absolute Gasteiger partial charge is 0.164 e. The number of Topliss-reactive ketones (excluding diaryl/α,β-unsaturated/α-hetero) is 1. The highest BCUT2D eigenvalue weighted by Crippen LogP contribution is 2.22. The second-order valence-corrected chi connectivity index (χ2v) is 5.14. The van der Waals surface area contributed by atoms with Crippen LogP contribution in [0.25, 0.3) is 0 Å². The van der Waals surface area contributed by atoms with Crippen LogP contribution in [-0.2, 0) is 6.54 Å². The van der Waals surface area contributed by atoms with Gasteiger partial charge in [0.1, 0.15) is 0 Å². The maximum absolute atomic E-state index is 12.0. The highest BCUT2D eigenvalue weighted by Gasteiger charge is 2.12. The summed E-state index contributed by atoms with van der Waals surface area (Å²) in [5.41, 5.74) is 4.33. The fourth-order valence-corrected chi connectivity index (χ4v) is 2.40. The van der Waals surface area contributed by atoms with Crippen LogP contribution < -0.4 is 4.90 Å². The number of anilines is 1. The van der Waals surface area contributed by atoms with Crippen LogP contribution in [-0.4, -0.2) is 12.8 Å². The number of benzene rings is 2. The molecule has 0 atom stereocenters. The molecule has 0 aliphatic carbocycles. The Hall–Kier alpha value is -2.09. The molecule has 0 fully saturated rings. The Morgan fingerprint density at radius 1 is 1.10 bits per heavy atom. The van der Waals surface area contributed by atoms with Crippen molar-refractivity contribution >= 4 is 11.5 Å². The second kappa shape index (κ2) is 6.38. The molecule has 2 rings (SSSR count). The molecule has 0 bridgehead atoms. The summed E-state index contributed by atoms with van der Waals surface area (Å²) in [5, 5.41) is 0. The average molecular weight is 267 g/mol. The largest absolute Gasteiger partial charge is 0.370 e. The van der Waals surface area contributed by atoms with Gasteiger partial charge in [-0.25, -0.2) is 0 Å². The molecule has 0 aromatic heterocycles. The van der Waals surface area contributed by atoms with E-state index in [1.807, 2.05) is 38.2 Å². The molecule has 20 heavy (non-hydrogen) atoms. The summed E-state index contributed by atoms with van der Waals surface area (Å²) in [7, 11) is 2.03. The fourth-order valence-electron chi connectivity index (χ4n) is 2.40. The van der Waals surface area contributed by atoms with Gasteiger partial charge in [-0.15, -0.1) is 0 Å². The van der Waals surface area contributed by atoms with Gasteiger partial charge in [0.05, 0.1) is 0 Å². The van der Waals surface area contributed by atoms with Crippen LogP contribution in [0.1, 0.15) is 34.8 Å². The predicted octanol–water partition coefficient (Wildman–Crippen LogP) is 4.22. The first-order valence-electron chi connectivity index (χ1n) is 7.00. The molecule has 104 valence electrons. The minimum absolute atomic E-state index is 0.191. The number of carbonyl (C=O) groups excluding carboxylic acids is 1. The lowest BCUT2D eigenvalue weighted by atomic mass is 10.1. The van der Waals surface area contributed by atoms with Crippen molar-refractivity contribution in [2.75, 3.05) is 11.9 Å².